The fourth-order valence-electron chi connectivity index (χ4n) is 3.95. The van der Waals surface area contributed by atoms with Crippen LogP contribution >= 0.6 is 0 Å². The zero-order valence-electron chi connectivity index (χ0n) is 18.5. The van der Waals surface area contributed by atoms with Crippen molar-refractivity contribution in [2.75, 3.05) is 7.11 Å². The normalized spacial score (nSPS) is 20.0. The van der Waals surface area contributed by atoms with Crippen LogP contribution in [0.15, 0.2) is 29.2 Å². The van der Waals surface area contributed by atoms with Crippen LogP contribution in [0.1, 0.15) is 71.2 Å². The van der Waals surface area contributed by atoms with E-state index < -0.39 is 20.6 Å². The highest BCUT2D eigenvalue weighted by atomic mass is 32.2. The number of nitrogens with zero attached hydrogens (tertiary/aromatic N) is 1. The number of benzene rings is 1. The third kappa shape index (κ3) is 4.65. The number of carbonyl (C=O) groups excluding carboxylic acids is 2. The first kappa shape index (κ1) is 23.4. The number of esters is 1. The molecule has 0 heterocycles. The van der Waals surface area contributed by atoms with Gasteiger partial charge in [0.25, 0.3) is 5.91 Å². The minimum atomic E-state index is -3.61. The van der Waals surface area contributed by atoms with E-state index in [9.17, 15) is 18.0 Å². The highest BCUT2D eigenvalue weighted by molar-refractivity contribution is 7.92. The van der Waals surface area contributed by atoms with E-state index in [0.717, 1.165) is 6.42 Å². The van der Waals surface area contributed by atoms with Crippen molar-refractivity contribution in [3.63, 3.8) is 0 Å². The molecule has 7 heteroatoms. The molecular weight excluding hydrogens is 390 g/mol. The summed E-state index contributed by atoms with van der Waals surface area (Å²) in [4.78, 5) is 26.9. The molecule has 1 aliphatic rings. The van der Waals surface area contributed by atoms with Gasteiger partial charge < -0.3 is 9.64 Å². The number of amides is 1. The monoisotopic (exact) mass is 423 g/mol. The first-order valence-corrected chi connectivity index (χ1v) is 11.6. The Labute approximate surface area is 174 Å². The lowest BCUT2D eigenvalue weighted by Crippen LogP contribution is -2.56. The summed E-state index contributed by atoms with van der Waals surface area (Å²) in [5.74, 6) is -0.934. The van der Waals surface area contributed by atoms with Crippen LogP contribution in [0.5, 0.6) is 0 Å². The van der Waals surface area contributed by atoms with Crippen LogP contribution in [0.2, 0.25) is 0 Å². The second-order valence-corrected chi connectivity index (χ2v) is 11.6. The number of ether oxygens (including phenoxy) is 1. The molecule has 0 radical (unpaired) electrons. The maximum atomic E-state index is 13.4. The van der Waals surface area contributed by atoms with E-state index in [1.165, 1.54) is 19.2 Å². The molecule has 1 amide bonds. The molecule has 0 spiro atoms. The molecule has 0 N–H and O–H groups in total. The number of sulfone groups is 1. The summed E-state index contributed by atoms with van der Waals surface area (Å²) in [6, 6.07) is 6.25. The molecule has 0 aliphatic heterocycles. The lowest BCUT2D eigenvalue weighted by atomic mass is 9.85. The Hall–Kier alpha value is -1.89. The van der Waals surface area contributed by atoms with Gasteiger partial charge in [-0.25, -0.2) is 8.42 Å². The van der Waals surface area contributed by atoms with Gasteiger partial charge in [0, 0.05) is 16.6 Å². The van der Waals surface area contributed by atoms with E-state index >= 15 is 0 Å². The summed E-state index contributed by atoms with van der Waals surface area (Å²) in [5, 5.41) is -0.622. The van der Waals surface area contributed by atoms with E-state index in [1.54, 1.807) is 12.1 Å². The molecule has 1 aliphatic carbocycles. The van der Waals surface area contributed by atoms with Crippen molar-refractivity contribution in [1.29, 1.82) is 0 Å². The van der Waals surface area contributed by atoms with E-state index in [-0.39, 0.29) is 41.1 Å². The largest absolute Gasteiger partial charge is 0.469 e. The van der Waals surface area contributed by atoms with E-state index in [2.05, 4.69) is 4.74 Å². The molecule has 0 bridgehead atoms. The van der Waals surface area contributed by atoms with Crippen molar-refractivity contribution in [2.24, 2.45) is 5.92 Å². The van der Waals surface area contributed by atoms with Crippen molar-refractivity contribution < 1.29 is 22.7 Å². The molecule has 1 fully saturated rings. The predicted molar refractivity (Wildman–Crippen MR) is 112 cm³/mol. The summed E-state index contributed by atoms with van der Waals surface area (Å²) < 4.78 is 30.7. The van der Waals surface area contributed by atoms with Crippen LogP contribution < -0.4 is 0 Å². The van der Waals surface area contributed by atoms with Crippen molar-refractivity contribution in [2.45, 2.75) is 82.0 Å². The molecule has 0 saturated heterocycles. The molecule has 6 nitrogen and oxygen atoms in total. The fraction of sp³-hybridized carbons (Fsp3) is 0.636. The van der Waals surface area contributed by atoms with Gasteiger partial charge in [0.2, 0.25) is 0 Å². The predicted octanol–water partition coefficient (Wildman–Crippen LogP) is 3.84. The molecular formula is C22H33NO5S. The number of methoxy groups -OCH3 is 1. The van der Waals surface area contributed by atoms with Gasteiger partial charge in [-0.1, -0.05) is 13.0 Å². The molecule has 1 saturated carbocycles. The maximum absolute atomic E-state index is 13.4. The van der Waals surface area contributed by atoms with Crippen molar-refractivity contribution >= 4 is 21.7 Å². The van der Waals surface area contributed by atoms with Gasteiger partial charge in [0.15, 0.2) is 9.84 Å². The smallest absolute Gasteiger partial charge is 0.308 e. The van der Waals surface area contributed by atoms with Gasteiger partial charge in [-0.3, -0.25) is 9.59 Å². The molecule has 29 heavy (non-hydrogen) atoms. The lowest BCUT2D eigenvalue weighted by molar-refractivity contribution is -0.148. The quantitative estimate of drug-likeness (QED) is 0.650. The number of hydrogen-bond acceptors (Lipinski definition) is 5. The van der Waals surface area contributed by atoms with Crippen LogP contribution in [0, 0.1) is 5.92 Å². The summed E-state index contributed by atoms with van der Waals surface area (Å²) >= 11 is 0. The summed E-state index contributed by atoms with van der Waals surface area (Å²) in [5.41, 5.74) is -0.453. The standard InChI is InChI=1S/C22H33NO5S/c1-8-22(5,6)23(21(2,3)4)19(24)15-10-9-11-17(12-15)29(26,27)18-13-16(14-18)20(25)28-7/h9-12,16,18H,8,13-14H2,1-7H3. The van der Waals surface area contributed by atoms with Gasteiger partial charge in [0.05, 0.1) is 23.2 Å². The van der Waals surface area contributed by atoms with Crippen molar-refractivity contribution in [3.05, 3.63) is 29.8 Å². The van der Waals surface area contributed by atoms with Gasteiger partial charge in [-0.15, -0.1) is 0 Å². The third-order valence-corrected chi connectivity index (χ3v) is 8.00. The first-order valence-electron chi connectivity index (χ1n) is 10.0. The molecule has 0 unspecified atom stereocenters. The Kier molecular flexibility index (Phi) is 6.52. The maximum Gasteiger partial charge on any atom is 0.308 e. The Morgan fingerprint density at radius 1 is 1.14 bits per heavy atom. The average molecular weight is 424 g/mol. The topological polar surface area (TPSA) is 80.8 Å². The zero-order valence-corrected chi connectivity index (χ0v) is 19.3. The number of rotatable bonds is 6. The molecule has 1 aromatic carbocycles. The fourth-order valence-corrected chi connectivity index (χ4v) is 5.87. The summed E-state index contributed by atoms with van der Waals surface area (Å²) in [6.07, 6.45) is 1.28. The van der Waals surface area contributed by atoms with E-state index in [0.29, 0.717) is 5.56 Å². The van der Waals surface area contributed by atoms with Gasteiger partial charge >= 0.3 is 5.97 Å². The summed E-state index contributed by atoms with van der Waals surface area (Å²) in [6.45, 7) is 12.0. The summed E-state index contributed by atoms with van der Waals surface area (Å²) in [7, 11) is -2.31. The van der Waals surface area contributed by atoms with Crippen molar-refractivity contribution in [1.82, 2.24) is 4.90 Å². The van der Waals surface area contributed by atoms with Crippen LogP contribution in [-0.4, -0.2) is 48.6 Å². The van der Waals surface area contributed by atoms with Crippen LogP contribution in [0.3, 0.4) is 0 Å². The minimum Gasteiger partial charge on any atom is -0.469 e. The zero-order chi connectivity index (χ0) is 22.2. The van der Waals surface area contributed by atoms with Crippen LogP contribution in [-0.2, 0) is 19.4 Å². The second kappa shape index (κ2) is 8.09. The van der Waals surface area contributed by atoms with Gasteiger partial charge in [-0.2, -0.15) is 0 Å². The highest BCUT2D eigenvalue weighted by Gasteiger charge is 2.44. The third-order valence-electron chi connectivity index (χ3n) is 5.82. The van der Waals surface area contributed by atoms with Gasteiger partial charge in [-0.05, 0) is 72.1 Å². The molecule has 1 aromatic rings. The average Bonchev–Trinajstić information content (AvgIpc) is 2.58. The molecule has 0 aromatic heterocycles. The molecule has 2 rings (SSSR count). The van der Waals surface area contributed by atoms with E-state index in [1.807, 2.05) is 46.4 Å². The van der Waals surface area contributed by atoms with Gasteiger partial charge in [0.1, 0.15) is 0 Å². The van der Waals surface area contributed by atoms with Crippen molar-refractivity contribution in [3.8, 4) is 0 Å². The Morgan fingerprint density at radius 3 is 2.21 bits per heavy atom. The Balaban J connectivity index is 2.33. The second-order valence-electron chi connectivity index (χ2n) is 9.36. The molecule has 162 valence electrons. The number of carbonyl (C=O) groups is 2. The molecule has 0 atom stereocenters. The van der Waals surface area contributed by atoms with Crippen LogP contribution in [0.25, 0.3) is 0 Å². The number of hydrogen-bond donors (Lipinski definition) is 0. The first-order chi connectivity index (χ1) is 13.3. The lowest BCUT2D eigenvalue weighted by Gasteiger charge is -2.47. The SMILES string of the molecule is CCC(C)(C)N(C(=O)c1cccc(S(=O)(=O)C2CC(C(=O)OC)C2)c1)C(C)(C)C. The van der Waals surface area contributed by atoms with Crippen LogP contribution in [0.4, 0.5) is 0 Å². The van der Waals surface area contributed by atoms with E-state index in [4.69, 9.17) is 0 Å². The Morgan fingerprint density at radius 2 is 1.72 bits per heavy atom. The Bertz CT molecular complexity index is 877. The highest BCUT2D eigenvalue weighted by Crippen LogP contribution is 2.37. The minimum absolute atomic E-state index is 0.125.